The second-order valence-electron chi connectivity index (χ2n) is 7.06. The molecule has 3 aromatic rings. The third-order valence-corrected chi connectivity index (χ3v) is 4.91. The number of aromatic nitrogens is 1. The highest BCUT2D eigenvalue weighted by atomic mass is 35.5. The van der Waals surface area contributed by atoms with Crippen molar-refractivity contribution in [2.24, 2.45) is 0 Å². The van der Waals surface area contributed by atoms with Crippen molar-refractivity contribution in [2.75, 3.05) is 20.6 Å². The van der Waals surface area contributed by atoms with Crippen LogP contribution in [0, 0.1) is 5.82 Å². The van der Waals surface area contributed by atoms with Gasteiger partial charge in [0, 0.05) is 47.7 Å². The molecule has 0 bridgehead atoms. The molecule has 1 aromatic heterocycles. The normalized spacial score (nSPS) is 12.2. The highest BCUT2D eigenvalue weighted by Gasteiger charge is 2.14. The van der Waals surface area contributed by atoms with Crippen molar-refractivity contribution in [1.82, 2.24) is 15.2 Å². The monoisotopic (exact) mass is 413 g/mol. The van der Waals surface area contributed by atoms with Gasteiger partial charge in [-0.25, -0.2) is 4.39 Å². The number of hydrogen-bond donors (Lipinski definition) is 1. The van der Waals surface area contributed by atoms with Gasteiger partial charge in [-0.3, -0.25) is 4.98 Å². The molecule has 1 atom stereocenters. The Hall–Kier alpha value is -2.47. The highest BCUT2D eigenvalue weighted by Crippen LogP contribution is 2.24. The van der Waals surface area contributed by atoms with E-state index >= 15 is 0 Å². The first-order valence-electron chi connectivity index (χ1n) is 9.45. The summed E-state index contributed by atoms with van der Waals surface area (Å²) in [4.78, 5) is 6.22. The van der Waals surface area contributed by atoms with E-state index in [-0.39, 0.29) is 11.9 Å². The van der Waals surface area contributed by atoms with Crippen LogP contribution in [-0.4, -0.2) is 30.5 Å². The summed E-state index contributed by atoms with van der Waals surface area (Å²) in [5.41, 5.74) is 3.05. The lowest BCUT2D eigenvalue weighted by Gasteiger charge is -2.25. The van der Waals surface area contributed by atoms with Gasteiger partial charge in [0.05, 0.1) is 0 Å². The summed E-state index contributed by atoms with van der Waals surface area (Å²) in [6, 6.07) is 16.2. The average Bonchev–Trinajstić information content (AvgIpc) is 2.72. The Morgan fingerprint density at radius 3 is 2.62 bits per heavy atom. The molecular formula is C23H25ClFN3O. The van der Waals surface area contributed by atoms with Crippen LogP contribution in [0.1, 0.15) is 22.7 Å². The zero-order valence-corrected chi connectivity index (χ0v) is 17.4. The van der Waals surface area contributed by atoms with E-state index in [1.54, 1.807) is 12.4 Å². The van der Waals surface area contributed by atoms with E-state index in [0.29, 0.717) is 24.7 Å². The van der Waals surface area contributed by atoms with Crippen LogP contribution in [0.2, 0.25) is 5.02 Å². The molecular weight excluding hydrogens is 389 g/mol. The summed E-state index contributed by atoms with van der Waals surface area (Å²) in [6.45, 7) is 1.75. The maximum Gasteiger partial charge on any atom is 0.124 e. The molecule has 1 N–H and O–H groups in total. The van der Waals surface area contributed by atoms with Crippen molar-refractivity contribution in [3.8, 4) is 5.75 Å². The fourth-order valence-corrected chi connectivity index (χ4v) is 3.29. The Bertz CT molecular complexity index is 904. The van der Waals surface area contributed by atoms with Crippen molar-refractivity contribution in [3.63, 3.8) is 0 Å². The summed E-state index contributed by atoms with van der Waals surface area (Å²) < 4.78 is 19.2. The van der Waals surface area contributed by atoms with E-state index in [1.807, 2.05) is 56.6 Å². The van der Waals surface area contributed by atoms with Gasteiger partial charge in [0.25, 0.3) is 0 Å². The molecule has 0 aliphatic heterocycles. The molecule has 0 spiro atoms. The zero-order chi connectivity index (χ0) is 20.6. The fraction of sp³-hybridized carbons (Fsp3) is 0.261. The van der Waals surface area contributed by atoms with Crippen LogP contribution in [0.3, 0.4) is 0 Å². The van der Waals surface area contributed by atoms with Crippen LogP contribution >= 0.6 is 11.6 Å². The van der Waals surface area contributed by atoms with E-state index in [0.717, 1.165) is 22.4 Å². The van der Waals surface area contributed by atoms with E-state index in [9.17, 15) is 4.39 Å². The van der Waals surface area contributed by atoms with E-state index < -0.39 is 0 Å². The first-order valence-corrected chi connectivity index (χ1v) is 9.83. The summed E-state index contributed by atoms with van der Waals surface area (Å²) in [6.07, 6.45) is 3.53. The van der Waals surface area contributed by atoms with Crippen LogP contribution in [0.5, 0.6) is 5.75 Å². The molecule has 1 unspecified atom stereocenters. The Morgan fingerprint density at radius 2 is 1.93 bits per heavy atom. The minimum absolute atomic E-state index is 0.120. The minimum atomic E-state index is -0.228. The first kappa shape index (κ1) is 21.2. The minimum Gasteiger partial charge on any atom is -0.489 e. The quantitative estimate of drug-likeness (QED) is 0.544. The van der Waals surface area contributed by atoms with E-state index in [2.05, 4.69) is 15.2 Å². The molecule has 152 valence electrons. The van der Waals surface area contributed by atoms with Gasteiger partial charge in [-0.15, -0.1) is 0 Å². The van der Waals surface area contributed by atoms with Gasteiger partial charge >= 0.3 is 0 Å². The molecule has 4 nitrogen and oxygen atoms in total. The molecule has 2 aromatic carbocycles. The Morgan fingerprint density at radius 1 is 1.14 bits per heavy atom. The first-order chi connectivity index (χ1) is 14.0. The molecule has 29 heavy (non-hydrogen) atoms. The van der Waals surface area contributed by atoms with Gasteiger partial charge in [-0.1, -0.05) is 29.8 Å². The standard InChI is InChI=1S/C23H25ClFN3O/c1-28(2)22(18-5-8-21(25)9-6-18)15-27-14-19-12-20(24)7-10-23(19)29-16-17-4-3-11-26-13-17/h3-13,22,27H,14-16H2,1-2H3. The third-order valence-electron chi connectivity index (χ3n) is 4.67. The lowest BCUT2D eigenvalue weighted by atomic mass is 10.1. The zero-order valence-electron chi connectivity index (χ0n) is 16.6. The van der Waals surface area contributed by atoms with E-state index in [1.165, 1.54) is 12.1 Å². The van der Waals surface area contributed by atoms with Gasteiger partial charge in [0.15, 0.2) is 0 Å². The lowest BCUT2D eigenvalue weighted by molar-refractivity contribution is 0.284. The smallest absolute Gasteiger partial charge is 0.124 e. The molecule has 0 fully saturated rings. The molecule has 1 heterocycles. The number of ether oxygens (including phenoxy) is 1. The van der Waals surface area contributed by atoms with Gasteiger partial charge in [-0.2, -0.15) is 0 Å². The van der Waals surface area contributed by atoms with Gasteiger partial charge < -0.3 is 15.0 Å². The molecule has 0 amide bonds. The number of benzene rings is 2. The van der Waals surface area contributed by atoms with Gasteiger partial charge in [0.2, 0.25) is 0 Å². The number of hydrogen-bond acceptors (Lipinski definition) is 4. The lowest BCUT2D eigenvalue weighted by Crippen LogP contribution is -2.31. The topological polar surface area (TPSA) is 37.4 Å². The van der Waals surface area contributed by atoms with Crippen molar-refractivity contribution < 1.29 is 9.13 Å². The fourth-order valence-electron chi connectivity index (χ4n) is 3.10. The number of rotatable bonds is 9. The van der Waals surface area contributed by atoms with Crippen LogP contribution in [0.15, 0.2) is 67.0 Å². The number of halogens is 2. The predicted octanol–water partition coefficient (Wildman–Crippen LogP) is 4.85. The summed E-state index contributed by atoms with van der Waals surface area (Å²) in [7, 11) is 4.02. The maximum absolute atomic E-state index is 13.2. The SMILES string of the molecule is CN(C)C(CNCc1cc(Cl)ccc1OCc1cccnc1)c1ccc(F)cc1. The van der Waals surface area contributed by atoms with Crippen LogP contribution in [0.25, 0.3) is 0 Å². The molecule has 0 saturated heterocycles. The Labute approximate surface area is 176 Å². The number of nitrogens with zero attached hydrogens (tertiary/aromatic N) is 2. The summed E-state index contributed by atoms with van der Waals surface area (Å²) >= 11 is 6.20. The van der Waals surface area contributed by atoms with E-state index in [4.69, 9.17) is 16.3 Å². The number of nitrogens with one attached hydrogen (secondary N) is 1. The third kappa shape index (κ3) is 6.26. The Balaban J connectivity index is 1.64. The highest BCUT2D eigenvalue weighted by molar-refractivity contribution is 6.30. The van der Waals surface area contributed by atoms with Crippen molar-refractivity contribution in [1.29, 1.82) is 0 Å². The maximum atomic E-state index is 13.2. The van der Waals surface area contributed by atoms with Crippen molar-refractivity contribution in [2.45, 2.75) is 19.2 Å². The van der Waals surface area contributed by atoms with Gasteiger partial charge in [0.1, 0.15) is 18.2 Å². The molecule has 6 heteroatoms. The molecule has 3 rings (SSSR count). The van der Waals surface area contributed by atoms with Crippen LogP contribution < -0.4 is 10.1 Å². The van der Waals surface area contributed by atoms with Crippen LogP contribution in [-0.2, 0) is 13.2 Å². The number of likely N-dealkylation sites (N-methyl/N-ethyl adjacent to an activating group) is 1. The molecule has 0 radical (unpaired) electrons. The second-order valence-corrected chi connectivity index (χ2v) is 7.50. The second kappa shape index (κ2) is 10.3. The number of pyridine rings is 1. The molecule has 0 saturated carbocycles. The molecule has 0 aliphatic rings. The summed E-state index contributed by atoms with van der Waals surface area (Å²) in [5.74, 6) is 0.558. The summed E-state index contributed by atoms with van der Waals surface area (Å²) in [5, 5.41) is 4.14. The van der Waals surface area contributed by atoms with Crippen molar-refractivity contribution >= 4 is 11.6 Å². The largest absolute Gasteiger partial charge is 0.489 e. The average molecular weight is 414 g/mol. The predicted molar refractivity (Wildman–Crippen MR) is 115 cm³/mol. The van der Waals surface area contributed by atoms with Crippen LogP contribution in [0.4, 0.5) is 4.39 Å². The Kier molecular flexibility index (Phi) is 7.58. The van der Waals surface area contributed by atoms with Crippen molar-refractivity contribution in [3.05, 3.63) is 94.5 Å². The van der Waals surface area contributed by atoms with Gasteiger partial charge in [-0.05, 0) is 56.1 Å². The molecule has 0 aliphatic carbocycles.